The number of carbonyl (C=O) groups excluding carboxylic acids is 1. The van der Waals surface area contributed by atoms with Crippen LogP contribution in [0.4, 0.5) is 17.2 Å². The largest absolute Gasteiger partial charge is 0.340 e. The summed E-state index contributed by atoms with van der Waals surface area (Å²) in [6.45, 7) is 1.84. The smallest absolute Gasteiger partial charge is 0.255 e. The van der Waals surface area contributed by atoms with Crippen LogP contribution in [0.15, 0.2) is 78.9 Å². The summed E-state index contributed by atoms with van der Waals surface area (Å²) in [7, 11) is 0. The highest BCUT2D eigenvalue weighted by molar-refractivity contribution is 6.36. The normalized spacial score (nSPS) is 10.5. The number of aromatic nitrogens is 2. The van der Waals surface area contributed by atoms with Gasteiger partial charge in [0.2, 0.25) is 0 Å². The summed E-state index contributed by atoms with van der Waals surface area (Å²) >= 11 is 12.1. The molecule has 4 aromatic rings. The van der Waals surface area contributed by atoms with Gasteiger partial charge >= 0.3 is 0 Å². The van der Waals surface area contributed by atoms with Gasteiger partial charge in [0.05, 0.1) is 16.4 Å². The molecule has 7 heteroatoms. The molecule has 0 atom stereocenters. The molecule has 2 N–H and O–H groups in total. The summed E-state index contributed by atoms with van der Waals surface area (Å²) in [5.41, 5.74) is 3.52. The number of aryl methyl sites for hydroxylation is 1. The number of amides is 1. The number of nitrogens with zero attached hydrogens (tertiary/aromatic N) is 2. The maximum atomic E-state index is 12.7. The van der Waals surface area contributed by atoms with E-state index in [9.17, 15) is 4.79 Å². The predicted octanol–water partition coefficient (Wildman–Crippen LogP) is 6.75. The lowest BCUT2D eigenvalue weighted by atomic mass is 10.1. The van der Waals surface area contributed by atoms with E-state index >= 15 is 0 Å². The number of benzene rings is 3. The molecule has 1 heterocycles. The molecule has 0 unspecified atom stereocenters. The first-order valence-electron chi connectivity index (χ1n) is 9.52. The Morgan fingerprint density at radius 3 is 2.45 bits per heavy atom. The molecule has 154 valence electrons. The quantitative estimate of drug-likeness (QED) is 0.354. The zero-order chi connectivity index (χ0) is 21.8. The van der Waals surface area contributed by atoms with Gasteiger partial charge in [-0.3, -0.25) is 4.79 Å². The van der Waals surface area contributed by atoms with Gasteiger partial charge in [-0.15, -0.1) is 0 Å². The van der Waals surface area contributed by atoms with E-state index in [-0.39, 0.29) is 5.91 Å². The van der Waals surface area contributed by atoms with Crippen molar-refractivity contribution in [2.75, 3.05) is 10.6 Å². The predicted molar refractivity (Wildman–Crippen MR) is 126 cm³/mol. The van der Waals surface area contributed by atoms with Gasteiger partial charge in [0, 0.05) is 27.9 Å². The zero-order valence-electron chi connectivity index (χ0n) is 16.6. The van der Waals surface area contributed by atoms with E-state index in [4.69, 9.17) is 23.2 Å². The van der Waals surface area contributed by atoms with E-state index in [1.807, 2.05) is 49.4 Å². The Balaban J connectivity index is 1.55. The molecule has 0 bridgehead atoms. The third-order valence-electron chi connectivity index (χ3n) is 4.48. The summed E-state index contributed by atoms with van der Waals surface area (Å²) in [5.74, 6) is 1.01. The SMILES string of the molecule is Cc1nc(Nc2cccc(C(=O)Nc3ccc(Cl)cc3Cl)c2)cc(-c2ccccc2)n1. The minimum Gasteiger partial charge on any atom is -0.340 e. The molecule has 3 aromatic carbocycles. The van der Waals surface area contributed by atoms with Crippen LogP contribution in [-0.2, 0) is 0 Å². The Hall–Kier alpha value is -3.41. The van der Waals surface area contributed by atoms with Crippen molar-refractivity contribution in [3.63, 3.8) is 0 Å². The van der Waals surface area contributed by atoms with Crippen molar-refractivity contribution in [2.45, 2.75) is 6.92 Å². The second-order valence-electron chi connectivity index (χ2n) is 6.84. The lowest BCUT2D eigenvalue weighted by molar-refractivity contribution is 0.102. The van der Waals surface area contributed by atoms with Crippen LogP contribution in [0.2, 0.25) is 10.0 Å². The molecule has 5 nitrogen and oxygen atoms in total. The van der Waals surface area contributed by atoms with Crippen LogP contribution in [-0.4, -0.2) is 15.9 Å². The number of hydrogen-bond acceptors (Lipinski definition) is 4. The van der Waals surface area contributed by atoms with Gasteiger partial charge in [-0.25, -0.2) is 9.97 Å². The van der Waals surface area contributed by atoms with Gasteiger partial charge < -0.3 is 10.6 Å². The monoisotopic (exact) mass is 448 g/mol. The first-order chi connectivity index (χ1) is 15.0. The van der Waals surface area contributed by atoms with Gasteiger partial charge in [0.25, 0.3) is 5.91 Å². The highest BCUT2D eigenvalue weighted by atomic mass is 35.5. The minimum atomic E-state index is -0.281. The van der Waals surface area contributed by atoms with Gasteiger partial charge in [-0.1, -0.05) is 59.6 Å². The molecule has 1 aromatic heterocycles. The summed E-state index contributed by atoms with van der Waals surface area (Å²) in [6, 6.07) is 23.8. The second-order valence-corrected chi connectivity index (χ2v) is 7.68. The molecule has 0 saturated carbocycles. The molecular weight excluding hydrogens is 431 g/mol. The number of rotatable bonds is 5. The number of carbonyl (C=O) groups is 1. The fourth-order valence-electron chi connectivity index (χ4n) is 3.06. The van der Waals surface area contributed by atoms with Crippen LogP contribution < -0.4 is 10.6 Å². The fraction of sp³-hybridized carbons (Fsp3) is 0.0417. The Morgan fingerprint density at radius 2 is 1.68 bits per heavy atom. The summed E-state index contributed by atoms with van der Waals surface area (Å²) in [5, 5.41) is 6.94. The average molecular weight is 449 g/mol. The van der Waals surface area contributed by atoms with Crippen molar-refractivity contribution in [1.29, 1.82) is 0 Å². The van der Waals surface area contributed by atoms with E-state index in [1.54, 1.807) is 36.4 Å². The van der Waals surface area contributed by atoms with Crippen LogP contribution in [0.5, 0.6) is 0 Å². The third-order valence-corrected chi connectivity index (χ3v) is 5.03. The van der Waals surface area contributed by atoms with E-state index in [0.717, 1.165) is 16.9 Å². The second kappa shape index (κ2) is 9.16. The van der Waals surface area contributed by atoms with Crippen LogP contribution in [0.25, 0.3) is 11.3 Å². The van der Waals surface area contributed by atoms with Crippen molar-refractivity contribution in [2.24, 2.45) is 0 Å². The van der Waals surface area contributed by atoms with Crippen molar-refractivity contribution in [1.82, 2.24) is 9.97 Å². The fourth-order valence-corrected chi connectivity index (χ4v) is 3.52. The van der Waals surface area contributed by atoms with Crippen LogP contribution in [0.3, 0.4) is 0 Å². The molecule has 4 rings (SSSR count). The Bertz CT molecular complexity index is 1250. The lowest BCUT2D eigenvalue weighted by Crippen LogP contribution is -2.12. The summed E-state index contributed by atoms with van der Waals surface area (Å²) < 4.78 is 0. The molecule has 0 aliphatic carbocycles. The first-order valence-corrected chi connectivity index (χ1v) is 10.3. The highest BCUT2D eigenvalue weighted by Gasteiger charge is 2.11. The first kappa shape index (κ1) is 20.8. The number of nitrogens with one attached hydrogen (secondary N) is 2. The molecule has 0 aliphatic heterocycles. The Kier molecular flexibility index (Phi) is 6.16. The zero-order valence-corrected chi connectivity index (χ0v) is 18.1. The highest BCUT2D eigenvalue weighted by Crippen LogP contribution is 2.26. The number of hydrogen-bond donors (Lipinski definition) is 2. The van der Waals surface area contributed by atoms with Crippen molar-refractivity contribution in [3.05, 3.63) is 100 Å². The van der Waals surface area contributed by atoms with Gasteiger partial charge in [-0.05, 0) is 43.3 Å². The maximum Gasteiger partial charge on any atom is 0.255 e. The van der Waals surface area contributed by atoms with Crippen molar-refractivity contribution in [3.8, 4) is 11.3 Å². The molecule has 0 saturated heterocycles. The third kappa shape index (κ3) is 5.20. The van der Waals surface area contributed by atoms with Crippen molar-refractivity contribution >= 4 is 46.3 Å². The molecule has 31 heavy (non-hydrogen) atoms. The summed E-state index contributed by atoms with van der Waals surface area (Å²) in [6.07, 6.45) is 0. The lowest BCUT2D eigenvalue weighted by Gasteiger charge is -2.11. The van der Waals surface area contributed by atoms with Crippen molar-refractivity contribution < 1.29 is 4.79 Å². The standard InChI is InChI=1S/C24H18Cl2N4O/c1-15-27-22(16-6-3-2-4-7-16)14-23(28-15)29-19-9-5-8-17(12-19)24(31)30-21-11-10-18(25)13-20(21)26/h2-14H,1H3,(H,30,31)(H,27,28,29). The Labute approximate surface area is 190 Å². The summed E-state index contributed by atoms with van der Waals surface area (Å²) in [4.78, 5) is 21.7. The molecule has 0 aliphatic rings. The van der Waals surface area contributed by atoms with Crippen LogP contribution >= 0.6 is 23.2 Å². The topological polar surface area (TPSA) is 66.9 Å². The molecular formula is C24H18Cl2N4O. The number of anilines is 3. The molecule has 1 amide bonds. The molecule has 0 spiro atoms. The van der Waals surface area contributed by atoms with Gasteiger partial charge in [0.15, 0.2) is 0 Å². The Morgan fingerprint density at radius 1 is 0.871 bits per heavy atom. The van der Waals surface area contributed by atoms with E-state index in [0.29, 0.717) is 32.9 Å². The molecule has 0 fully saturated rings. The molecule has 0 radical (unpaired) electrons. The van der Waals surface area contributed by atoms with Crippen LogP contribution in [0.1, 0.15) is 16.2 Å². The van der Waals surface area contributed by atoms with Crippen LogP contribution in [0, 0.1) is 6.92 Å². The van der Waals surface area contributed by atoms with Gasteiger partial charge in [-0.2, -0.15) is 0 Å². The maximum absolute atomic E-state index is 12.7. The van der Waals surface area contributed by atoms with Gasteiger partial charge in [0.1, 0.15) is 11.6 Å². The minimum absolute atomic E-state index is 0.281. The average Bonchev–Trinajstić information content (AvgIpc) is 2.76. The van der Waals surface area contributed by atoms with E-state index in [2.05, 4.69) is 20.6 Å². The number of halogens is 2. The van der Waals surface area contributed by atoms with E-state index < -0.39 is 0 Å². The van der Waals surface area contributed by atoms with E-state index in [1.165, 1.54) is 0 Å².